The van der Waals surface area contributed by atoms with Crippen LogP contribution in [0.2, 0.25) is 0 Å². The Labute approximate surface area is 314 Å². The van der Waals surface area contributed by atoms with Crippen LogP contribution >= 0.6 is 0 Å². The van der Waals surface area contributed by atoms with E-state index in [1.807, 2.05) is 6.07 Å². The Morgan fingerprint density at radius 2 is 0.796 bits per heavy atom. The first-order valence-electron chi connectivity index (χ1n) is 18.4. The second kappa shape index (κ2) is 13.4. The minimum Gasteiger partial charge on any atom is -0.456 e. The number of hydrogen-bond donors (Lipinski definition) is 0. The van der Waals surface area contributed by atoms with Crippen molar-refractivity contribution in [1.29, 1.82) is 0 Å². The van der Waals surface area contributed by atoms with E-state index in [9.17, 15) is 0 Å². The molecule has 2 heteroatoms. The molecule has 1 aromatic heterocycles. The topological polar surface area (TPSA) is 16.4 Å². The van der Waals surface area contributed by atoms with Crippen molar-refractivity contribution < 1.29 is 4.42 Å². The number of hydrogen-bond acceptors (Lipinski definition) is 2. The molecule has 0 saturated carbocycles. The Morgan fingerprint density at radius 3 is 1.46 bits per heavy atom. The van der Waals surface area contributed by atoms with E-state index in [4.69, 9.17) is 4.42 Å². The molecule has 254 valence electrons. The molecule has 0 amide bonds. The average Bonchev–Trinajstić information content (AvgIpc) is 3.64. The second-order valence-corrected chi connectivity index (χ2v) is 13.7. The van der Waals surface area contributed by atoms with Crippen molar-refractivity contribution in [3.8, 4) is 44.5 Å². The van der Waals surface area contributed by atoms with E-state index in [0.29, 0.717) is 0 Å². The number of anilines is 3. The number of nitrogens with zero attached hydrogens (tertiary/aromatic N) is 1. The van der Waals surface area contributed by atoms with Crippen LogP contribution < -0.4 is 4.90 Å². The van der Waals surface area contributed by atoms with Crippen LogP contribution in [0.1, 0.15) is 0 Å². The number of para-hydroxylation sites is 2. The number of furan rings is 1. The first-order valence-corrected chi connectivity index (χ1v) is 18.4. The summed E-state index contributed by atoms with van der Waals surface area (Å²) in [5, 5.41) is 4.60. The third-order valence-corrected chi connectivity index (χ3v) is 10.5. The lowest BCUT2D eigenvalue weighted by Crippen LogP contribution is -2.11. The van der Waals surface area contributed by atoms with E-state index >= 15 is 0 Å². The van der Waals surface area contributed by atoms with Gasteiger partial charge in [0.15, 0.2) is 0 Å². The Balaban J connectivity index is 1.16. The molecular weight excluding hydrogens is 655 g/mol. The smallest absolute Gasteiger partial charge is 0.136 e. The molecule has 10 aromatic rings. The largest absolute Gasteiger partial charge is 0.456 e. The van der Waals surface area contributed by atoms with E-state index in [1.54, 1.807) is 0 Å². The van der Waals surface area contributed by atoms with Gasteiger partial charge in [0.2, 0.25) is 0 Å². The van der Waals surface area contributed by atoms with Crippen molar-refractivity contribution in [2.45, 2.75) is 0 Å². The zero-order valence-electron chi connectivity index (χ0n) is 29.6. The molecule has 0 aliphatic heterocycles. The molecule has 0 aliphatic carbocycles. The molecule has 0 unspecified atom stereocenters. The van der Waals surface area contributed by atoms with Crippen molar-refractivity contribution in [3.05, 3.63) is 212 Å². The van der Waals surface area contributed by atoms with Gasteiger partial charge in [-0.2, -0.15) is 0 Å². The predicted octanol–water partition coefficient (Wildman–Crippen LogP) is 14.9. The van der Waals surface area contributed by atoms with Crippen molar-refractivity contribution in [1.82, 2.24) is 0 Å². The van der Waals surface area contributed by atoms with Crippen LogP contribution in [0.5, 0.6) is 0 Å². The van der Waals surface area contributed by atoms with Gasteiger partial charge in [0, 0.05) is 27.7 Å². The molecule has 0 atom stereocenters. The molecule has 0 radical (unpaired) electrons. The molecule has 0 spiro atoms. The zero-order valence-corrected chi connectivity index (χ0v) is 29.6. The van der Waals surface area contributed by atoms with Gasteiger partial charge in [-0.1, -0.05) is 170 Å². The second-order valence-electron chi connectivity index (χ2n) is 13.7. The van der Waals surface area contributed by atoms with Gasteiger partial charge in [0.05, 0.1) is 5.69 Å². The summed E-state index contributed by atoms with van der Waals surface area (Å²) in [6.45, 7) is 0. The number of fused-ring (bicyclic) bond motifs is 5. The summed E-state index contributed by atoms with van der Waals surface area (Å²) in [6, 6.07) is 75.8. The number of benzene rings is 9. The van der Waals surface area contributed by atoms with Gasteiger partial charge in [-0.15, -0.1) is 0 Å². The van der Waals surface area contributed by atoms with Gasteiger partial charge in [0.1, 0.15) is 11.2 Å². The highest BCUT2D eigenvalue weighted by Crippen LogP contribution is 2.45. The Kier molecular flexibility index (Phi) is 7.85. The van der Waals surface area contributed by atoms with E-state index < -0.39 is 0 Å². The van der Waals surface area contributed by atoms with Crippen LogP contribution in [0.25, 0.3) is 77.2 Å². The Hall–Kier alpha value is -7.16. The van der Waals surface area contributed by atoms with Crippen molar-refractivity contribution in [2.24, 2.45) is 0 Å². The van der Waals surface area contributed by atoms with Gasteiger partial charge < -0.3 is 9.32 Å². The van der Waals surface area contributed by atoms with Crippen LogP contribution in [-0.2, 0) is 0 Å². The lowest BCUT2D eigenvalue weighted by Gasteiger charge is -2.28. The minimum absolute atomic E-state index is 0.888. The SMILES string of the molecule is c1ccc(-c2ccc(-c3ccc(N(c4ccc5c(-c6ccccc6)cc6oc7ccccc7c6c5c4)c4ccccc4-c4ccccc4)cc3)cc2)cc1. The third-order valence-electron chi connectivity index (χ3n) is 10.5. The molecule has 0 N–H and O–H groups in total. The molecule has 0 bridgehead atoms. The van der Waals surface area contributed by atoms with E-state index in [2.05, 4.69) is 211 Å². The average molecular weight is 690 g/mol. The third kappa shape index (κ3) is 5.62. The highest BCUT2D eigenvalue weighted by Gasteiger charge is 2.21. The summed E-state index contributed by atoms with van der Waals surface area (Å²) in [6.07, 6.45) is 0. The lowest BCUT2D eigenvalue weighted by atomic mass is 9.94. The van der Waals surface area contributed by atoms with E-state index in [-0.39, 0.29) is 0 Å². The van der Waals surface area contributed by atoms with Gasteiger partial charge in [-0.25, -0.2) is 0 Å². The van der Waals surface area contributed by atoms with Crippen molar-refractivity contribution in [3.63, 3.8) is 0 Å². The molecular formula is C52H35NO. The maximum Gasteiger partial charge on any atom is 0.136 e. The normalized spacial score (nSPS) is 11.3. The van der Waals surface area contributed by atoms with Gasteiger partial charge in [-0.3, -0.25) is 0 Å². The highest BCUT2D eigenvalue weighted by atomic mass is 16.3. The quantitative estimate of drug-likeness (QED) is 0.166. The Bertz CT molecular complexity index is 2890. The first-order chi connectivity index (χ1) is 26.8. The molecule has 9 aromatic carbocycles. The summed E-state index contributed by atoms with van der Waals surface area (Å²) in [5.74, 6) is 0. The van der Waals surface area contributed by atoms with Crippen LogP contribution in [0.15, 0.2) is 217 Å². The monoisotopic (exact) mass is 689 g/mol. The van der Waals surface area contributed by atoms with Crippen LogP contribution in [0.3, 0.4) is 0 Å². The van der Waals surface area contributed by atoms with Gasteiger partial charge >= 0.3 is 0 Å². The number of rotatable bonds is 7. The maximum absolute atomic E-state index is 6.54. The van der Waals surface area contributed by atoms with Crippen LogP contribution in [0.4, 0.5) is 17.1 Å². The van der Waals surface area contributed by atoms with Crippen molar-refractivity contribution in [2.75, 3.05) is 4.90 Å². The molecule has 0 saturated heterocycles. The van der Waals surface area contributed by atoms with Crippen LogP contribution in [0, 0.1) is 0 Å². The summed E-state index contributed by atoms with van der Waals surface area (Å²) < 4.78 is 6.54. The van der Waals surface area contributed by atoms with E-state index in [0.717, 1.165) is 61.1 Å². The van der Waals surface area contributed by atoms with E-state index in [1.165, 1.54) is 33.2 Å². The van der Waals surface area contributed by atoms with Crippen LogP contribution in [-0.4, -0.2) is 0 Å². The standard InChI is InChI=1S/C52H35NO/c1-4-14-36(15-5-1)37-24-26-38(27-25-37)39-28-30-42(31-29-39)53(49-22-12-10-20-44(49)40-16-6-2-7-17-40)43-32-33-45-47(41-18-8-3-9-19-41)35-51-52(48(45)34-43)46-21-11-13-23-50(46)54-51/h1-35H. The molecule has 10 rings (SSSR count). The summed E-state index contributed by atoms with van der Waals surface area (Å²) >= 11 is 0. The lowest BCUT2D eigenvalue weighted by molar-refractivity contribution is 0.669. The van der Waals surface area contributed by atoms with Gasteiger partial charge in [-0.05, 0) is 92.2 Å². The zero-order chi connectivity index (χ0) is 35.8. The Morgan fingerprint density at radius 1 is 0.296 bits per heavy atom. The summed E-state index contributed by atoms with van der Waals surface area (Å²) in [5.41, 5.74) is 14.5. The molecule has 2 nitrogen and oxygen atoms in total. The minimum atomic E-state index is 0.888. The van der Waals surface area contributed by atoms with Crippen molar-refractivity contribution >= 4 is 49.8 Å². The fourth-order valence-corrected chi connectivity index (χ4v) is 7.87. The maximum atomic E-state index is 6.54. The summed E-state index contributed by atoms with van der Waals surface area (Å²) in [7, 11) is 0. The fourth-order valence-electron chi connectivity index (χ4n) is 7.87. The first kappa shape index (κ1) is 31.6. The summed E-state index contributed by atoms with van der Waals surface area (Å²) in [4.78, 5) is 2.40. The molecule has 0 fully saturated rings. The molecule has 0 aliphatic rings. The predicted molar refractivity (Wildman–Crippen MR) is 228 cm³/mol. The fraction of sp³-hybridized carbons (Fsp3) is 0. The van der Waals surface area contributed by atoms with Gasteiger partial charge in [0.25, 0.3) is 0 Å². The molecule has 54 heavy (non-hydrogen) atoms. The molecule has 1 heterocycles. The highest BCUT2D eigenvalue weighted by molar-refractivity contribution is 6.22.